The molecule has 1 fully saturated rings. The number of aromatic nitrogens is 2. The van der Waals surface area contributed by atoms with Crippen LogP contribution in [0.15, 0.2) is 67.0 Å². The molecule has 136 valence electrons. The first kappa shape index (κ1) is 17.0. The minimum atomic E-state index is -0.0884. The maximum absolute atomic E-state index is 12.6. The zero-order chi connectivity index (χ0) is 18.6. The van der Waals surface area contributed by atoms with E-state index in [9.17, 15) is 4.79 Å². The van der Waals surface area contributed by atoms with Crippen molar-refractivity contribution in [1.82, 2.24) is 14.9 Å². The number of carbonyl (C=O) groups is 1. The van der Waals surface area contributed by atoms with Crippen LogP contribution in [0.2, 0.25) is 0 Å². The van der Waals surface area contributed by atoms with Crippen molar-refractivity contribution < 1.29 is 14.3 Å². The number of rotatable bonds is 5. The molecule has 0 radical (unpaired) electrons. The Bertz CT molecular complexity index is 923. The second-order valence-corrected chi connectivity index (χ2v) is 6.26. The first-order valence-corrected chi connectivity index (χ1v) is 8.71. The van der Waals surface area contributed by atoms with E-state index < -0.39 is 0 Å². The van der Waals surface area contributed by atoms with Crippen molar-refractivity contribution in [2.75, 3.05) is 20.2 Å². The molecule has 4 rings (SSSR count). The summed E-state index contributed by atoms with van der Waals surface area (Å²) in [7, 11) is 1.61. The smallest absolute Gasteiger partial charge is 0.257 e. The number of hydrogen-bond donors (Lipinski definition) is 0. The number of benzene rings is 2. The molecule has 6 nitrogen and oxygen atoms in total. The number of ether oxygens (including phenoxy) is 2. The number of hydrogen-bond acceptors (Lipinski definition) is 5. The van der Waals surface area contributed by atoms with E-state index in [1.54, 1.807) is 24.4 Å². The van der Waals surface area contributed by atoms with Gasteiger partial charge in [0, 0.05) is 18.0 Å². The van der Waals surface area contributed by atoms with Crippen molar-refractivity contribution in [2.24, 2.45) is 0 Å². The van der Waals surface area contributed by atoms with E-state index in [2.05, 4.69) is 9.97 Å². The molecule has 1 aliphatic heterocycles. The van der Waals surface area contributed by atoms with Gasteiger partial charge in [-0.25, -0.2) is 9.97 Å². The third-order valence-electron chi connectivity index (χ3n) is 4.43. The number of methoxy groups -OCH3 is 1. The average molecular weight is 361 g/mol. The van der Waals surface area contributed by atoms with Crippen LogP contribution in [0, 0.1) is 0 Å². The van der Waals surface area contributed by atoms with Gasteiger partial charge in [0.2, 0.25) is 0 Å². The molecule has 1 aliphatic rings. The Kier molecular flexibility index (Phi) is 4.70. The van der Waals surface area contributed by atoms with E-state index in [4.69, 9.17) is 9.47 Å². The van der Waals surface area contributed by atoms with Crippen molar-refractivity contribution in [1.29, 1.82) is 0 Å². The standard InChI is InChI=1S/C21H19N3O3/c1-26-18-9-5-6-10-19(18)27-17-13-24(14-17)21(25)16-11-22-20(23-12-16)15-7-3-2-4-8-15/h2-12,17H,13-14H2,1H3. The molecule has 0 saturated carbocycles. The van der Waals surface area contributed by atoms with Gasteiger partial charge in [-0.2, -0.15) is 0 Å². The maximum atomic E-state index is 12.6. The molecule has 2 aromatic carbocycles. The molecule has 0 atom stereocenters. The normalized spacial score (nSPS) is 13.7. The minimum absolute atomic E-state index is 0.0465. The van der Waals surface area contributed by atoms with Crippen LogP contribution in [-0.4, -0.2) is 47.1 Å². The third kappa shape index (κ3) is 3.60. The number of nitrogens with zero attached hydrogens (tertiary/aromatic N) is 3. The summed E-state index contributed by atoms with van der Waals surface area (Å²) in [6.45, 7) is 1.05. The van der Waals surface area contributed by atoms with Crippen LogP contribution in [0.5, 0.6) is 11.5 Å². The molecule has 1 aromatic heterocycles. The Morgan fingerprint density at radius 2 is 1.59 bits per heavy atom. The van der Waals surface area contributed by atoms with Crippen molar-refractivity contribution >= 4 is 5.91 Å². The quantitative estimate of drug-likeness (QED) is 0.699. The Morgan fingerprint density at radius 1 is 0.963 bits per heavy atom. The van der Waals surface area contributed by atoms with Gasteiger partial charge in [-0.1, -0.05) is 42.5 Å². The van der Waals surface area contributed by atoms with E-state index in [-0.39, 0.29) is 12.0 Å². The van der Waals surface area contributed by atoms with Gasteiger partial charge in [-0.15, -0.1) is 0 Å². The monoisotopic (exact) mass is 361 g/mol. The second-order valence-electron chi connectivity index (χ2n) is 6.26. The molecule has 0 bridgehead atoms. The summed E-state index contributed by atoms with van der Waals surface area (Å²) in [6.07, 6.45) is 3.10. The highest BCUT2D eigenvalue weighted by atomic mass is 16.5. The highest BCUT2D eigenvalue weighted by Gasteiger charge is 2.33. The number of para-hydroxylation sites is 2. The van der Waals surface area contributed by atoms with E-state index >= 15 is 0 Å². The highest BCUT2D eigenvalue weighted by Crippen LogP contribution is 2.29. The van der Waals surface area contributed by atoms with Crippen LogP contribution in [0.25, 0.3) is 11.4 Å². The number of likely N-dealkylation sites (tertiary alicyclic amines) is 1. The SMILES string of the molecule is COc1ccccc1OC1CN(C(=O)c2cnc(-c3ccccc3)nc2)C1. The third-order valence-corrected chi connectivity index (χ3v) is 4.43. The van der Waals surface area contributed by atoms with Crippen LogP contribution in [0.3, 0.4) is 0 Å². The first-order valence-electron chi connectivity index (χ1n) is 8.71. The molecule has 1 saturated heterocycles. The fraction of sp³-hybridized carbons (Fsp3) is 0.190. The van der Waals surface area contributed by atoms with E-state index in [0.717, 1.165) is 5.56 Å². The molecule has 0 aliphatic carbocycles. The van der Waals surface area contributed by atoms with Crippen LogP contribution in [0.4, 0.5) is 0 Å². The lowest BCUT2D eigenvalue weighted by Crippen LogP contribution is -2.56. The van der Waals surface area contributed by atoms with Crippen molar-refractivity contribution in [2.45, 2.75) is 6.10 Å². The van der Waals surface area contributed by atoms with Gasteiger partial charge < -0.3 is 14.4 Å². The van der Waals surface area contributed by atoms with Gasteiger partial charge in [0.15, 0.2) is 17.3 Å². The van der Waals surface area contributed by atoms with E-state index in [1.165, 1.54) is 0 Å². The summed E-state index contributed by atoms with van der Waals surface area (Å²) in [5.74, 6) is 1.89. The molecule has 0 spiro atoms. The zero-order valence-electron chi connectivity index (χ0n) is 14.9. The Hall–Kier alpha value is -3.41. The van der Waals surface area contributed by atoms with Gasteiger partial charge in [-0.05, 0) is 12.1 Å². The van der Waals surface area contributed by atoms with Gasteiger partial charge >= 0.3 is 0 Å². The molecular weight excluding hydrogens is 342 g/mol. The summed E-state index contributed by atoms with van der Waals surface area (Å²) in [4.78, 5) is 22.9. The zero-order valence-corrected chi connectivity index (χ0v) is 14.9. The maximum Gasteiger partial charge on any atom is 0.257 e. The first-order chi connectivity index (χ1) is 13.2. The van der Waals surface area contributed by atoms with Crippen LogP contribution < -0.4 is 9.47 Å². The van der Waals surface area contributed by atoms with E-state index in [0.29, 0.717) is 36.0 Å². The second kappa shape index (κ2) is 7.45. The Morgan fingerprint density at radius 3 is 2.26 bits per heavy atom. The molecule has 3 aromatic rings. The highest BCUT2D eigenvalue weighted by molar-refractivity contribution is 5.94. The summed E-state index contributed by atoms with van der Waals surface area (Å²) < 4.78 is 11.2. The van der Waals surface area contributed by atoms with Gasteiger partial charge in [0.05, 0.1) is 25.8 Å². The molecule has 6 heteroatoms. The predicted molar refractivity (Wildman–Crippen MR) is 101 cm³/mol. The van der Waals surface area contributed by atoms with E-state index in [1.807, 2.05) is 54.6 Å². The molecule has 1 amide bonds. The average Bonchev–Trinajstić information content (AvgIpc) is 2.71. The van der Waals surface area contributed by atoms with Crippen molar-refractivity contribution in [3.63, 3.8) is 0 Å². The molecule has 2 heterocycles. The lowest BCUT2D eigenvalue weighted by molar-refractivity contribution is 0.0168. The van der Waals surface area contributed by atoms with Gasteiger partial charge in [-0.3, -0.25) is 4.79 Å². The molecule has 0 N–H and O–H groups in total. The lowest BCUT2D eigenvalue weighted by atomic mass is 10.1. The van der Waals surface area contributed by atoms with Gasteiger partial charge in [0.1, 0.15) is 6.10 Å². The molecule has 0 unspecified atom stereocenters. The van der Waals surface area contributed by atoms with Crippen molar-refractivity contribution in [3.05, 3.63) is 72.6 Å². The summed E-state index contributed by atoms with van der Waals surface area (Å²) in [5, 5.41) is 0. The largest absolute Gasteiger partial charge is 0.493 e. The Balaban J connectivity index is 1.36. The lowest BCUT2D eigenvalue weighted by Gasteiger charge is -2.39. The fourth-order valence-electron chi connectivity index (χ4n) is 2.93. The summed E-state index contributed by atoms with van der Waals surface area (Å²) in [6, 6.07) is 17.2. The van der Waals surface area contributed by atoms with Crippen LogP contribution >= 0.6 is 0 Å². The topological polar surface area (TPSA) is 64.6 Å². The minimum Gasteiger partial charge on any atom is -0.493 e. The Labute approximate surface area is 157 Å². The van der Waals surface area contributed by atoms with Crippen LogP contribution in [0.1, 0.15) is 10.4 Å². The number of amides is 1. The summed E-state index contributed by atoms with van der Waals surface area (Å²) in [5.41, 5.74) is 1.40. The molecule has 27 heavy (non-hydrogen) atoms. The predicted octanol–water partition coefficient (Wildman–Crippen LogP) is 3.06. The molecular formula is C21H19N3O3. The fourth-order valence-corrected chi connectivity index (χ4v) is 2.93. The van der Waals surface area contributed by atoms with Crippen molar-refractivity contribution in [3.8, 4) is 22.9 Å². The van der Waals surface area contributed by atoms with Crippen LogP contribution in [-0.2, 0) is 0 Å². The van der Waals surface area contributed by atoms with Gasteiger partial charge in [0.25, 0.3) is 5.91 Å². The summed E-state index contributed by atoms with van der Waals surface area (Å²) >= 11 is 0. The number of carbonyl (C=O) groups excluding carboxylic acids is 1.